The molecule has 1 fully saturated rings. The number of hydrogen-bond donors (Lipinski definition) is 0. The molecule has 0 N–H and O–H groups in total. The third kappa shape index (κ3) is 4.54. The van der Waals surface area contributed by atoms with Gasteiger partial charge in [0.05, 0.1) is 18.2 Å². The highest BCUT2D eigenvalue weighted by atomic mass is 35.5. The van der Waals surface area contributed by atoms with Gasteiger partial charge in [-0.15, -0.1) is 0 Å². The van der Waals surface area contributed by atoms with Gasteiger partial charge in [-0.05, 0) is 44.2 Å². The molecule has 1 unspecified atom stereocenters. The van der Waals surface area contributed by atoms with E-state index in [9.17, 15) is 4.79 Å². The lowest BCUT2D eigenvalue weighted by Gasteiger charge is -2.31. The summed E-state index contributed by atoms with van der Waals surface area (Å²) in [7, 11) is 0. The number of amides is 1. The molecule has 1 atom stereocenters. The minimum absolute atomic E-state index is 0.0152. The van der Waals surface area contributed by atoms with Gasteiger partial charge < -0.3 is 14.4 Å². The molecule has 5 heteroatoms. The largest absolute Gasteiger partial charge is 0.490 e. The number of piperidine rings is 1. The number of benzene rings is 1. The van der Waals surface area contributed by atoms with Crippen LogP contribution in [-0.2, 0) is 0 Å². The van der Waals surface area contributed by atoms with Crippen LogP contribution in [0.4, 0.5) is 0 Å². The molecule has 23 heavy (non-hydrogen) atoms. The predicted octanol–water partition coefficient (Wildman–Crippen LogP) is 4.40. The molecule has 0 bridgehead atoms. The first-order chi connectivity index (χ1) is 11.1. The molecule has 128 valence electrons. The van der Waals surface area contributed by atoms with Gasteiger partial charge >= 0.3 is 0 Å². The molecular formula is C18H26ClNO3. The molecule has 0 spiro atoms. The smallest absolute Gasteiger partial charge is 0.254 e. The zero-order valence-electron chi connectivity index (χ0n) is 14.2. The standard InChI is InChI=1S/C18H26ClNO3/c1-4-9-23-17-15(19)10-14(11-16(17)22-5-2)18(21)20-8-6-7-13(3)12-20/h10-11,13H,4-9,12H2,1-3H3. The van der Waals surface area contributed by atoms with Crippen LogP contribution < -0.4 is 9.47 Å². The quantitative estimate of drug-likeness (QED) is 0.771. The van der Waals surface area contributed by atoms with E-state index in [1.165, 1.54) is 6.42 Å². The highest BCUT2D eigenvalue weighted by Gasteiger charge is 2.24. The lowest BCUT2D eigenvalue weighted by atomic mass is 9.99. The molecule has 1 aromatic carbocycles. The van der Waals surface area contributed by atoms with Gasteiger partial charge in [-0.2, -0.15) is 0 Å². The second-order valence-corrected chi connectivity index (χ2v) is 6.47. The van der Waals surface area contributed by atoms with Gasteiger partial charge in [-0.3, -0.25) is 4.79 Å². The Morgan fingerprint density at radius 3 is 2.78 bits per heavy atom. The van der Waals surface area contributed by atoms with Crippen molar-refractivity contribution in [2.45, 2.75) is 40.0 Å². The van der Waals surface area contributed by atoms with Crippen molar-refractivity contribution in [1.82, 2.24) is 4.90 Å². The molecule has 0 saturated carbocycles. The van der Waals surface area contributed by atoms with Gasteiger partial charge in [0.15, 0.2) is 11.5 Å². The number of nitrogens with zero attached hydrogens (tertiary/aromatic N) is 1. The molecule has 2 rings (SSSR count). The van der Waals surface area contributed by atoms with E-state index in [-0.39, 0.29) is 5.91 Å². The van der Waals surface area contributed by atoms with E-state index in [0.29, 0.717) is 41.2 Å². The van der Waals surface area contributed by atoms with Gasteiger partial charge in [-0.25, -0.2) is 0 Å². The Hall–Kier alpha value is -1.42. The van der Waals surface area contributed by atoms with Gasteiger partial charge in [-0.1, -0.05) is 25.4 Å². The van der Waals surface area contributed by atoms with Gasteiger partial charge in [0, 0.05) is 18.7 Å². The number of hydrogen-bond acceptors (Lipinski definition) is 3. The van der Waals surface area contributed by atoms with Crippen molar-refractivity contribution in [1.29, 1.82) is 0 Å². The number of carbonyl (C=O) groups excluding carboxylic acids is 1. The van der Waals surface area contributed by atoms with Gasteiger partial charge in [0.25, 0.3) is 5.91 Å². The third-order valence-corrected chi connectivity index (χ3v) is 4.23. The number of halogens is 1. The molecule has 0 aromatic heterocycles. The van der Waals surface area contributed by atoms with Crippen LogP contribution in [-0.4, -0.2) is 37.1 Å². The fourth-order valence-electron chi connectivity index (χ4n) is 2.86. The highest BCUT2D eigenvalue weighted by molar-refractivity contribution is 6.32. The SMILES string of the molecule is CCCOc1c(Cl)cc(C(=O)N2CCCC(C)C2)cc1OCC. The summed E-state index contributed by atoms with van der Waals surface area (Å²) >= 11 is 6.34. The maximum Gasteiger partial charge on any atom is 0.254 e. The minimum Gasteiger partial charge on any atom is -0.490 e. The first-order valence-electron chi connectivity index (χ1n) is 8.45. The maximum absolute atomic E-state index is 12.8. The van der Waals surface area contributed by atoms with Crippen LogP contribution in [0, 0.1) is 5.92 Å². The number of likely N-dealkylation sites (tertiary alicyclic amines) is 1. The lowest BCUT2D eigenvalue weighted by Crippen LogP contribution is -2.39. The molecule has 1 saturated heterocycles. The average Bonchev–Trinajstić information content (AvgIpc) is 2.53. The van der Waals surface area contributed by atoms with Crippen molar-refractivity contribution >= 4 is 17.5 Å². The van der Waals surface area contributed by atoms with Crippen molar-refractivity contribution in [3.63, 3.8) is 0 Å². The second-order valence-electron chi connectivity index (χ2n) is 6.07. The Labute approximate surface area is 143 Å². The summed E-state index contributed by atoms with van der Waals surface area (Å²) in [6.45, 7) is 8.78. The average molecular weight is 340 g/mol. The number of rotatable bonds is 6. The summed E-state index contributed by atoms with van der Waals surface area (Å²) in [5, 5.41) is 0.429. The third-order valence-electron chi connectivity index (χ3n) is 3.95. The summed E-state index contributed by atoms with van der Waals surface area (Å²) in [5.41, 5.74) is 0.566. The molecule has 0 aliphatic carbocycles. The van der Waals surface area contributed by atoms with Crippen LogP contribution in [0.25, 0.3) is 0 Å². The van der Waals surface area contributed by atoms with Gasteiger partial charge in [0.1, 0.15) is 0 Å². The minimum atomic E-state index is 0.0152. The van der Waals surface area contributed by atoms with Crippen LogP contribution >= 0.6 is 11.6 Å². The van der Waals surface area contributed by atoms with E-state index in [1.54, 1.807) is 12.1 Å². The van der Waals surface area contributed by atoms with Crippen LogP contribution in [0.1, 0.15) is 50.4 Å². The van der Waals surface area contributed by atoms with Crippen LogP contribution in [0.2, 0.25) is 5.02 Å². The van der Waals surface area contributed by atoms with E-state index < -0.39 is 0 Å². The Balaban J connectivity index is 2.26. The van der Waals surface area contributed by atoms with E-state index >= 15 is 0 Å². The van der Waals surface area contributed by atoms with Crippen LogP contribution in [0.5, 0.6) is 11.5 Å². The first kappa shape index (κ1) is 17.9. The number of ether oxygens (including phenoxy) is 2. The van der Waals surface area contributed by atoms with E-state index in [2.05, 4.69) is 6.92 Å². The highest BCUT2D eigenvalue weighted by Crippen LogP contribution is 2.37. The van der Waals surface area contributed by atoms with E-state index in [1.807, 2.05) is 18.7 Å². The molecule has 1 amide bonds. The van der Waals surface area contributed by atoms with Crippen molar-refractivity contribution in [2.75, 3.05) is 26.3 Å². The molecular weight excluding hydrogens is 314 g/mol. The fraction of sp³-hybridized carbons (Fsp3) is 0.611. The summed E-state index contributed by atoms with van der Waals surface area (Å²) < 4.78 is 11.3. The van der Waals surface area contributed by atoms with E-state index in [4.69, 9.17) is 21.1 Å². The van der Waals surface area contributed by atoms with Crippen LogP contribution in [0.15, 0.2) is 12.1 Å². The maximum atomic E-state index is 12.8. The normalized spacial score (nSPS) is 17.9. The molecule has 1 aliphatic rings. The molecule has 1 heterocycles. The Morgan fingerprint density at radius 2 is 2.13 bits per heavy atom. The zero-order valence-corrected chi connectivity index (χ0v) is 15.0. The summed E-state index contributed by atoms with van der Waals surface area (Å²) in [5.74, 6) is 1.63. The van der Waals surface area contributed by atoms with Gasteiger partial charge in [0.2, 0.25) is 0 Å². The topological polar surface area (TPSA) is 38.8 Å². The Morgan fingerprint density at radius 1 is 1.35 bits per heavy atom. The second kappa shape index (κ2) is 8.44. The molecule has 1 aromatic rings. The molecule has 4 nitrogen and oxygen atoms in total. The fourth-order valence-corrected chi connectivity index (χ4v) is 3.12. The monoisotopic (exact) mass is 339 g/mol. The lowest BCUT2D eigenvalue weighted by molar-refractivity contribution is 0.0682. The zero-order chi connectivity index (χ0) is 16.8. The van der Waals surface area contributed by atoms with Crippen molar-refractivity contribution < 1.29 is 14.3 Å². The Bertz CT molecular complexity index is 547. The first-order valence-corrected chi connectivity index (χ1v) is 8.83. The predicted molar refractivity (Wildman–Crippen MR) is 92.7 cm³/mol. The number of carbonyl (C=O) groups is 1. The summed E-state index contributed by atoms with van der Waals surface area (Å²) in [6.07, 6.45) is 3.11. The Kier molecular flexibility index (Phi) is 6.58. The van der Waals surface area contributed by atoms with Crippen molar-refractivity contribution in [3.8, 4) is 11.5 Å². The molecule has 0 radical (unpaired) electrons. The van der Waals surface area contributed by atoms with Crippen molar-refractivity contribution in [3.05, 3.63) is 22.7 Å². The van der Waals surface area contributed by atoms with Crippen LogP contribution in [0.3, 0.4) is 0 Å². The van der Waals surface area contributed by atoms with Crippen molar-refractivity contribution in [2.24, 2.45) is 5.92 Å². The molecule has 1 aliphatic heterocycles. The summed E-state index contributed by atoms with van der Waals surface area (Å²) in [6, 6.07) is 3.44. The summed E-state index contributed by atoms with van der Waals surface area (Å²) in [4.78, 5) is 14.7. The van der Waals surface area contributed by atoms with E-state index in [0.717, 1.165) is 25.9 Å².